The number of likely N-dealkylation sites (tertiary alicyclic amines) is 1. The molecule has 0 aromatic rings. The molecule has 1 aliphatic heterocycles. The number of carboxylic acid groups (broad SMARTS) is 1. The molecule has 1 fully saturated rings. The largest absolute Gasteiger partial charge is 0.481 e. The molecule has 0 aromatic carbocycles. The molecule has 88 valence electrons. The maximum atomic E-state index is 11.1. The summed E-state index contributed by atoms with van der Waals surface area (Å²) in [6, 6.07) is 0.266. The van der Waals surface area contributed by atoms with Gasteiger partial charge in [0.05, 0.1) is 5.92 Å². The minimum absolute atomic E-state index is 0.140. The predicted octanol–water partition coefficient (Wildman–Crippen LogP) is 2.22. The lowest BCUT2D eigenvalue weighted by atomic mass is 9.92. The van der Waals surface area contributed by atoms with Gasteiger partial charge in [-0.15, -0.1) is 0 Å². The molecule has 1 aliphatic rings. The zero-order valence-corrected chi connectivity index (χ0v) is 10.1. The fourth-order valence-corrected chi connectivity index (χ4v) is 2.57. The second kappa shape index (κ2) is 5.50. The number of aliphatic carboxylic acids is 1. The van der Waals surface area contributed by atoms with E-state index in [4.69, 9.17) is 5.11 Å². The van der Waals surface area contributed by atoms with E-state index in [-0.39, 0.29) is 12.0 Å². The maximum Gasteiger partial charge on any atom is 0.308 e. The molecular formula is C12H23NO2. The van der Waals surface area contributed by atoms with Crippen molar-refractivity contribution < 1.29 is 9.90 Å². The first-order chi connectivity index (χ1) is 7.06. The van der Waals surface area contributed by atoms with Gasteiger partial charge >= 0.3 is 5.97 Å². The molecule has 0 saturated carbocycles. The summed E-state index contributed by atoms with van der Waals surface area (Å²) in [6.45, 7) is 8.49. The Bertz CT molecular complexity index is 216. The second-order valence-electron chi connectivity index (χ2n) is 4.97. The zero-order chi connectivity index (χ0) is 11.4. The third-order valence-electron chi connectivity index (χ3n) is 3.20. The van der Waals surface area contributed by atoms with E-state index in [0.717, 1.165) is 32.4 Å². The van der Waals surface area contributed by atoms with Crippen LogP contribution in [0.1, 0.15) is 40.0 Å². The Labute approximate surface area is 92.5 Å². The second-order valence-corrected chi connectivity index (χ2v) is 4.97. The monoisotopic (exact) mass is 213 g/mol. The normalized spacial score (nSPS) is 27.5. The highest BCUT2D eigenvalue weighted by molar-refractivity contribution is 5.71. The Morgan fingerprint density at radius 2 is 2.20 bits per heavy atom. The number of rotatable bonds is 5. The lowest BCUT2D eigenvalue weighted by molar-refractivity contribution is -0.142. The molecule has 1 heterocycles. The van der Waals surface area contributed by atoms with Gasteiger partial charge in [-0.1, -0.05) is 20.8 Å². The van der Waals surface area contributed by atoms with Crippen molar-refractivity contribution in [3.05, 3.63) is 0 Å². The lowest BCUT2D eigenvalue weighted by Crippen LogP contribution is -2.37. The Morgan fingerprint density at radius 1 is 1.53 bits per heavy atom. The molecule has 0 unspecified atom stereocenters. The standard InChI is InChI=1S/C12H23NO2/c1-4-6-13-7-5-10(12(14)15)11(13)8-9(2)3/h9-11H,4-8H2,1-3H3,(H,14,15)/t10-,11+/m0/s1. The highest BCUT2D eigenvalue weighted by Gasteiger charge is 2.38. The van der Waals surface area contributed by atoms with E-state index in [1.54, 1.807) is 0 Å². The van der Waals surface area contributed by atoms with Crippen LogP contribution in [0.2, 0.25) is 0 Å². The Balaban J connectivity index is 2.64. The topological polar surface area (TPSA) is 40.5 Å². The summed E-state index contributed by atoms with van der Waals surface area (Å²) in [6.07, 6.45) is 2.95. The smallest absolute Gasteiger partial charge is 0.308 e. The number of hydrogen-bond donors (Lipinski definition) is 1. The zero-order valence-electron chi connectivity index (χ0n) is 10.1. The van der Waals surface area contributed by atoms with Crippen molar-refractivity contribution in [3.63, 3.8) is 0 Å². The maximum absolute atomic E-state index is 11.1. The quantitative estimate of drug-likeness (QED) is 0.761. The van der Waals surface area contributed by atoms with Crippen molar-refractivity contribution in [3.8, 4) is 0 Å². The summed E-state index contributed by atoms with van der Waals surface area (Å²) < 4.78 is 0. The predicted molar refractivity (Wildman–Crippen MR) is 60.8 cm³/mol. The van der Waals surface area contributed by atoms with E-state index in [1.807, 2.05) is 0 Å². The summed E-state index contributed by atoms with van der Waals surface area (Å²) in [7, 11) is 0. The number of hydrogen-bond acceptors (Lipinski definition) is 2. The molecular weight excluding hydrogens is 190 g/mol. The first-order valence-electron chi connectivity index (χ1n) is 6.03. The van der Waals surface area contributed by atoms with Crippen molar-refractivity contribution in [1.29, 1.82) is 0 Å². The molecule has 3 nitrogen and oxygen atoms in total. The summed E-state index contributed by atoms with van der Waals surface area (Å²) in [5, 5.41) is 9.16. The van der Waals surface area contributed by atoms with Crippen LogP contribution < -0.4 is 0 Å². The van der Waals surface area contributed by atoms with Crippen LogP contribution in [-0.2, 0) is 4.79 Å². The summed E-state index contributed by atoms with van der Waals surface area (Å²) >= 11 is 0. The molecule has 0 aromatic heterocycles. The van der Waals surface area contributed by atoms with Gasteiger partial charge in [-0.3, -0.25) is 9.69 Å². The van der Waals surface area contributed by atoms with Crippen molar-refractivity contribution in [2.75, 3.05) is 13.1 Å². The Morgan fingerprint density at radius 3 is 2.67 bits per heavy atom. The van der Waals surface area contributed by atoms with E-state index in [9.17, 15) is 4.79 Å². The Hall–Kier alpha value is -0.570. The molecule has 0 bridgehead atoms. The summed E-state index contributed by atoms with van der Waals surface area (Å²) in [5.41, 5.74) is 0. The van der Waals surface area contributed by atoms with E-state index in [2.05, 4.69) is 25.7 Å². The molecule has 1 saturated heterocycles. The minimum Gasteiger partial charge on any atom is -0.481 e. The summed E-state index contributed by atoms with van der Waals surface area (Å²) in [4.78, 5) is 13.5. The molecule has 0 aliphatic carbocycles. The van der Waals surface area contributed by atoms with Crippen LogP contribution in [-0.4, -0.2) is 35.1 Å². The van der Waals surface area contributed by atoms with Crippen LogP contribution in [0.15, 0.2) is 0 Å². The van der Waals surface area contributed by atoms with Crippen LogP contribution >= 0.6 is 0 Å². The van der Waals surface area contributed by atoms with Gasteiger partial charge in [0.2, 0.25) is 0 Å². The molecule has 1 rings (SSSR count). The fourth-order valence-electron chi connectivity index (χ4n) is 2.57. The van der Waals surface area contributed by atoms with Gasteiger partial charge in [-0.05, 0) is 38.3 Å². The van der Waals surface area contributed by atoms with Crippen molar-refractivity contribution in [2.45, 2.75) is 46.1 Å². The van der Waals surface area contributed by atoms with E-state index >= 15 is 0 Å². The lowest BCUT2D eigenvalue weighted by Gasteiger charge is -2.27. The third kappa shape index (κ3) is 3.20. The van der Waals surface area contributed by atoms with Crippen LogP contribution in [0.4, 0.5) is 0 Å². The van der Waals surface area contributed by atoms with Crippen molar-refractivity contribution in [2.24, 2.45) is 11.8 Å². The van der Waals surface area contributed by atoms with Gasteiger partial charge in [-0.25, -0.2) is 0 Å². The molecule has 1 N–H and O–H groups in total. The number of nitrogens with zero attached hydrogens (tertiary/aromatic N) is 1. The average Bonchev–Trinajstić information content (AvgIpc) is 2.48. The highest BCUT2D eigenvalue weighted by Crippen LogP contribution is 2.29. The van der Waals surface area contributed by atoms with E-state index in [1.165, 1.54) is 0 Å². The van der Waals surface area contributed by atoms with E-state index < -0.39 is 5.97 Å². The fraction of sp³-hybridized carbons (Fsp3) is 0.917. The molecule has 2 atom stereocenters. The first-order valence-corrected chi connectivity index (χ1v) is 6.03. The average molecular weight is 213 g/mol. The van der Waals surface area contributed by atoms with Gasteiger partial charge in [0, 0.05) is 6.04 Å². The molecule has 0 amide bonds. The third-order valence-corrected chi connectivity index (χ3v) is 3.20. The van der Waals surface area contributed by atoms with Crippen LogP contribution in [0, 0.1) is 11.8 Å². The molecule has 0 spiro atoms. The van der Waals surface area contributed by atoms with Gasteiger partial charge in [0.25, 0.3) is 0 Å². The van der Waals surface area contributed by atoms with Crippen LogP contribution in [0.25, 0.3) is 0 Å². The molecule has 3 heteroatoms. The van der Waals surface area contributed by atoms with Gasteiger partial charge < -0.3 is 5.11 Å². The minimum atomic E-state index is -0.612. The molecule has 15 heavy (non-hydrogen) atoms. The first kappa shape index (κ1) is 12.5. The highest BCUT2D eigenvalue weighted by atomic mass is 16.4. The van der Waals surface area contributed by atoms with Crippen molar-refractivity contribution in [1.82, 2.24) is 4.90 Å². The Kier molecular flexibility index (Phi) is 4.58. The van der Waals surface area contributed by atoms with Gasteiger partial charge in [0.1, 0.15) is 0 Å². The summed E-state index contributed by atoms with van der Waals surface area (Å²) in [5.74, 6) is -0.174. The van der Waals surface area contributed by atoms with Gasteiger partial charge in [0.15, 0.2) is 0 Å². The van der Waals surface area contributed by atoms with Gasteiger partial charge in [-0.2, -0.15) is 0 Å². The number of carbonyl (C=O) groups is 1. The van der Waals surface area contributed by atoms with Crippen LogP contribution in [0.5, 0.6) is 0 Å². The van der Waals surface area contributed by atoms with Crippen LogP contribution in [0.3, 0.4) is 0 Å². The van der Waals surface area contributed by atoms with Crippen molar-refractivity contribution >= 4 is 5.97 Å². The molecule has 0 radical (unpaired) electrons. The van der Waals surface area contributed by atoms with E-state index in [0.29, 0.717) is 5.92 Å². The number of carboxylic acids is 1. The SMILES string of the molecule is CCCN1CC[C@H](C(=O)O)[C@H]1CC(C)C.